The Balaban J connectivity index is 2.53. The predicted molar refractivity (Wildman–Crippen MR) is 70.1 cm³/mol. The largest absolute Gasteiger partial charge is 0.395 e. The SMILES string of the molecule is C=CCN(CCO)c1nc2ccccn2c1C=O. The summed E-state index contributed by atoms with van der Waals surface area (Å²) in [6.07, 6.45) is 4.29. The quantitative estimate of drug-likeness (QED) is 0.612. The van der Waals surface area contributed by atoms with E-state index in [-0.39, 0.29) is 6.61 Å². The molecule has 5 heteroatoms. The number of hydrogen-bond donors (Lipinski definition) is 1. The zero-order valence-corrected chi connectivity index (χ0v) is 9.99. The molecule has 0 aliphatic rings. The third-order valence-corrected chi connectivity index (χ3v) is 2.68. The number of aliphatic hydroxyl groups excluding tert-OH is 1. The van der Waals surface area contributed by atoms with Gasteiger partial charge in [0.2, 0.25) is 0 Å². The summed E-state index contributed by atoms with van der Waals surface area (Å²) >= 11 is 0. The van der Waals surface area contributed by atoms with Crippen LogP contribution >= 0.6 is 0 Å². The second-order valence-corrected chi connectivity index (χ2v) is 3.83. The first-order valence-corrected chi connectivity index (χ1v) is 5.70. The van der Waals surface area contributed by atoms with Crippen molar-refractivity contribution < 1.29 is 9.90 Å². The van der Waals surface area contributed by atoms with E-state index in [1.54, 1.807) is 16.7 Å². The second kappa shape index (κ2) is 5.46. The maximum atomic E-state index is 11.2. The van der Waals surface area contributed by atoms with Crippen LogP contribution in [0.2, 0.25) is 0 Å². The molecular formula is C13H15N3O2. The molecule has 2 aromatic heterocycles. The summed E-state index contributed by atoms with van der Waals surface area (Å²) in [5.41, 5.74) is 1.20. The lowest BCUT2D eigenvalue weighted by atomic mass is 10.4. The monoisotopic (exact) mass is 245 g/mol. The molecule has 0 atom stereocenters. The van der Waals surface area contributed by atoms with Crippen LogP contribution in [-0.2, 0) is 0 Å². The number of fused-ring (bicyclic) bond motifs is 1. The number of imidazole rings is 1. The van der Waals surface area contributed by atoms with E-state index in [4.69, 9.17) is 5.11 Å². The van der Waals surface area contributed by atoms with Gasteiger partial charge in [0.15, 0.2) is 12.1 Å². The fraction of sp³-hybridized carbons (Fsp3) is 0.231. The average Bonchev–Trinajstić information content (AvgIpc) is 2.76. The number of pyridine rings is 1. The average molecular weight is 245 g/mol. The minimum Gasteiger partial charge on any atom is -0.395 e. The third-order valence-electron chi connectivity index (χ3n) is 2.68. The van der Waals surface area contributed by atoms with Crippen molar-refractivity contribution in [2.75, 3.05) is 24.6 Å². The van der Waals surface area contributed by atoms with Gasteiger partial charge in [-0.15, -0.1) is 6.58 Å². The van der Waals surface area contributed by atoms with E-state index in [0.717, 1.165) is 6.29 Å². The Morgan fingerprint density at radius 1 is 1.50 bits per heavy atom. The van der Waals surface area contributed by atoms with Crippen LogP contribution in [0.1, 0.15) is 10.5 Å². The van der Waals surface area contributed by atoms with Gasteiger partial charge in [-0.25, -0.2) is 4.98 Å². The molecule has 2 aromatic rings. The Morgan fingerprint density at radius 3 is 3.00 bits per heavy atom. The first kappa shape index (κ1) is 12.3. The first-order chi connectivity index (χ1) is 8.81. The fourth-order valence-electron chi connectivity index (χ4n) is 1.90. The molecule has 1 N–H and O–H groups in total. The lowest BCUT2D eigenvalue weighted by Gasteiger charge is -2.19. The van der Waals surface area contributed by atoms with Gasteiger partial charge in [-0.3, -0.25) is 9.20 Å². The van der Waals surface area contributed by atoms with Crippen LogP contribution < -0.4 is 4.90 Å². The van der Waals surface area contributed by atoms with Gasteiger partial charge in [-0.05, 0) is 12.1 Å². The van der Waals surface area contributed by atoms with Crippen LogP contribution in [0.25, 0.3) is 5.65 Å². The number of anilines is 1. The van der Waals surface area contributed by atoms with E-state index in [2.05, 4.69) is 11.6 Å². The maximum Gasteiger partial charge on any atom is 0.170 e. The van der Waals surface area contributed by atoms with Gasteiger partial charge in [-0.2, -0.15) is 0 Å². The smallest absolute Gasteiger partial charge is 0.170 e. The van der Waals surface area contributed by atoms with Crippen molar-refractivity contribution in [3.8, 4) is 0 Å². The van der Waals surface area contributed by atoms with E-state index >= 15 is 0 Å². The zero-order valence-electron chi connectivity index (χ0n) is 9.99. The van der Waals surface area contributed by atoms with Gasteiger partial charge >= 0.3 is 0 Å². The Kier molecular flexibility index (Phi) is 3.74. The second-order valence-electron chi connectivity index (χ2n) is 3.83. The summed E-state index contributed by atoms with van der Waals surface area (Å²) in [6, 6.07) is 5.54. The number of nitrogens with zero attached hydrogens (tertiary/aromatic N) is 3. The molecule has 0 saturated carbocycles. The molecule has 0 aromatic carbocycles. The molecule has 0 fully saturated rings. The molecule has 0 amide bonds. The lowest BCUT2D eigenvalue weighted by Crippen LogP contribution is -2.28. The highest BCUT2D eigenvalue weighted by molar-refractivity contribution is 5.83. The van der Waals surface area contributed by atoms with Crippen molar-refractivity contribution in [1.29, 1.82) is 0 Å². The van der Waals surface area contributed by atoms with Crippen LogP contribution in [0.15, 0.2) is 37.1 Å². The molecule has 0 spiro atoms. The van der Waals surface area contributed by atoms with Crippen LogP contribution in [0.5, 0.6) is 0 Å². The number of aliphatic hydroxyl groups is 1. The molecule has 0 aliphatic carbocycles. The minimum atomic E-state index is 0.00000898. The normalized spacial score (nSPS) is 10.5. The van der Waals surface area contributed by atoms with E-state index in [1.807, 2.05) is 23.1 Å². The Bertz CT molecular complexity index is 562. The summed E-state index contributed by atoms with van der Waals surface area (Å²) in [6.45, 7) is 4.62. The van der Waals surface area contributed by atoms with Crippen LogP contribution in [0.3, 0.4) is 0 Å². The van der Waals surface area contributed by atoms with Crippen molar-refractivity contribution in [3.05, 3.63) is 42.7 Å². The Hall–Kier alpha value is -2.14. The highest BCUT2D eigenvalue weighted by Gasteiger charge is 2.16. The Labute approximate surface area is 105 Å². The molecule has 94 valence electrons. The fourth-order valence-corrected chi connectivity index (χ4v) is 1.90. The lowest BCUT2D eigenvalue weighted by molar-refractivity contribution is 0.111. The standard InChI is InChI=1S/C13H15N3O2/c1-2-6-15(8-9-17)13-11(10-18)16-7-4-3-5-12(16)14-13/h2-5,7,10,17H,1,6,8-9H2. The minimum absolute atomic E-state index is 0.00000898. The van der Waals surface area contributed by atoms with E-state index < -0.39 is 0 Å². The molecule has 0 aliphatic heterocycles. The highest BCUT2D eigenvalue weighted by Crippen LogP contribution is 2.19. The molecule has 0 bridgehead atoms. The first-order valence-electron chi connectivity index (χ1n) is 5.70. The summed E-state index contributed by atoms with van der Waals surface area (Å²) in [5.74, 6) is 0.574. The molecule has 0 saturated heterocycles. The number of carbonyl (C=O) groups is 1. The van der Waals surface area contributed by atoms with Gasteiger partial charge in [0.05, 0.1) is 6.61 Å². The van der Waals surface area contributed by atoms with Gasteiger partial charge in [-0.1, -0.05) is 12.1 Å². The predicted octanol–water partition coefficient (Wildman–Crippen LogP) is 1.13. The van der Waals surface area contributed by atoms with E-state index in [1.165, 1.54) is 0 Å². The Morgan fingerprint density at radius 2 is 2.33 bits per heavy atom. The maximum absolute atomic E-state index is 11.2. The molecule has 0 unspecified atom stereocenters. The molecule has 2 rings (SSSR count). The van der Waals surface area contributed by atoms with Crippen molar-refractivity contribution in [3.63, 3.8) is 0 Å². The summed E-state index contributed by atoms with van der Waals surface area (Å²) in [7, 11) is 0. The summed E-state index contributed by atoms with van der Waals surface area (Å²) < 4.78 is 1.73. The number of rotatable bonds is 6. The van der Waals surface area contributed by atoms with Gasteiger partial charge < -0.3 is 10.0 Å². The molecule has 2 heterocycles. The van der Waals surface area contributed by atoms with Crippen molar-refractivity contribution in [2.24, 2.45) is 0 Å². The van der Waals surface area contributed by atoms with Crippen molar-refractivity contribution in [2.45, 2.75) is 0 Å². The van der Waals surface area contributed by atoms with E-state index in [0.29, 0.717) is 30.2 Å². The summed E-state index contributed by atoms with van der Waals surface area (Å²) in [4.78, 5) is 17.5. The highest BCUT2D eigenvalue weighted by atomic mass is 16.3. The number of aldehydes is 1. The van der Waals surface area contributed by atoms with Crippen LogP contribution in [0, 0.1) is 0 Å². The number of hydrogen-bond acceptors (Lipinski definition) is 4. The topological polar surface area (TPSA) is 57.8 Å². The third kappa shape index (κ3) is 2.12. The van der Waals surface area contributed by atoms with E-state index in [9.17, 15) is 4.79 Å². The van der Waals surface area contributed by atoms with Gasteiger partial charge in [0.1, 0.15) is 11.3 Å². The molecule has 5 nitrogen and oxygen atoms in total. The van der Waals surface area contributed by atoms with Gasteiger partial charge in [0.25, 0.3) is 0 Å². The van der Waals surface area contributed by atoms with Crippen molar-refractivity contribution in [1.82, 2.24) is 9.38 Å². The van der Waals surface area contributed by atoms with Crippen molar-refractivity contribution >= 4 is 17.8 Å². The van der Waals surface area contributed by atoms with Crippen LogP contribution in [-0.4, -0.2) is 40.5 Å². The molecule has 18 heavy (non-hydrogen) atoms. The number of carbonyl (C=O) groups excluding carboxylic acids is 1. The molecule has 0 radical (unpaired) electrons. The summed E-state index contributed by atoms with van der Waals surface area (Å²) in [5, 5.41) is 9.06. The molecular weight excluding hydrogens is 230 g/mol. The zero-order chi connectivity index (χ0) is 13.0. The van der Waals surface area contributed by atoms with Gasteiger partial charge in [0, 0.05) is 19.3 Å². The number of aromatic nitrogens is 2. The van der Waals surface area contributed by atoms with Crippen LogP contribution in [0.4, 0.5) is 5.82 Å².